The van der Waals surface area contributed by atoms with Gasteiger partial charge in [-0.05, 0) is 61.6 Å². The predicted octanol–water partition coefficient (Wildman–Crippen LogP) is 2.94. The molecule has 1 nitrogen and oxygen atoms in total. The summed E-state index contributed by atoms with van der Waals surface area (Å²) in [7, 11) is 0. The first-order valence-electron chi connectivity index (χ1n) is 5.14. The first-order valence-corrected chi connectivity index (χ1v) is 5.52. The Morgan fingerprint density at radius 2 is 1.58 bits per heavy atom. The highest BCUT2D eigenvalue weighted by Gasteiger charge is 2.34. The van der Waals surface area contributed by atoms with E-state index < -0.39 is 0 Å². The van der Waals surface area contributed by atoms with E-state index in [2.05, 4.69) is 11.8 Å². The Kier molecular flexibility index (Phi) is 2.61. The molecular formula is C10H18ClN. The molecule has 0 amide bonds. The van der Waals surface area contributed by atoms with E-state index in [1.807, 2.05) is 0 Å². The van der Waals surface area contributed by atoms with Crippen molar-refractivity contribution in [1.82, 2.24) is 4.84 Å². The predicted molar refractivity (Wildman–Crippen MR) is 52.0 cm³/mol. The van der Waals surface area contributed by atoms with Gasteiger partial charge in [0, 0.05) is 6.04 Å². The zero-order chi connectivity index (χ0) is 8.55. The summed E-state index contributed by atoms with van der Waals surface area (Å²) in [5.74, 6) is 2.89. The van der Waals surface area contributed by atoms with E-state index in [4.69, 9.17) is 11.8 Å². The normalized spacial score (nSPS) is 47.5. The Bertz CT molecular complexity index is 142. The highest BCUT2D eigenvalue weighted by molar-refractivity contribution is 6.13. The van der Waals surface area contributed by atoms with Gasteiger partial charge in [-0.15, -0.1) is 0 Å². The Hall–Kier alpha value is 0.250. The third-order valence-corrected chi connectivity index (χ3v) is 3.84. The van der Waals surface area contributed by atoms with E-state index in [1.165, 1.54) is 32.1 Å². The van der Waals surface area contributed by atoms with E-state index in [9.17, 15) is 0 Å². The van der Waals surface area contributed by atoms with Gasteiger partial charge in [-0.1, -0.05) is 6.92 Å². The van der Waals surface area contributed by atoms with E-state index in [0.717, 1.165) is 17.8 Å². The van der Waals surface area contributed by atoms with Crippen LogP contribution in [0.2, 0.25) is 0 Å². The topological polar surface area (TPSA) is 12.0 Å². The van der Waals surface area contributed by atoms with Gasteiger partial charge in [0.2, 0.25) is 0 Å². The van der Waals surface area contributed by atoms with Crippen molar-refractivity contribution in [2.75, 3.05) is 0 Å². The number of hydrogen-bond acceptors (Lipinski definition) is 1. The van der Waals surface area contributed by atoms with Gasteiger partial charge >= 0.3 is 0 Å². The minimum Gasteiger partial charge on any atom is -0.230 e. The Labute approximate surface area is 80.0 Å². The van der Waals surface area contributed by atoms with Crippen LogP contribution in [0.25, 0.3) is 0 Å². The summed E-state index contributed by atoms with van der Waals surface area (Å²) in [6, 6.07) is 0.600. The van der Waals surface area contributed by atoms with Gasteiger partial charge in [0.05, 0.1) is 0 Å². The number of nitrogens with one attached hydrogen (secondary N) is 1. The molecule has 2 fully saturated rings. The molecule has 0 spiro atoms. The molecule has 2 saturated carbocycles. The molecule has 2 atom stereocenters. The maximum absolute atomic E-state index is 5.68. The number of rotatable bonds is 1. The van der Waals surface area contributed by atoms with Crippen molar-refractivity contribution in [2.45, 2.75) is 45.1 Å². The van der Waals surface area contributed by atoms with Crippen LogP contribution in [0.3, 0.4) is 0 Å². The lowest BCUT2D eigenvalue weighted by Gasteiger charge is -2.41. The Morgan fingerprint density at radius 1 is 1.00 bits per heavy atom. The molecule has 0 aromatic rings. The van der Waals surface area contributed by atoms with Crippen LogP contribution in [0, 0.1) is 17.8 Å². The van der Waals surface area contributed by atoms with E-state index in [-0.39, 0.29) is 0 Å². The quantitative estimate of drug-likeness (QED) is 0.623. The summed E-state index contributed by atoms with van der Waals surface area (Å²) < 4.78 is 0. The fourth-order valence-electron chi connectivity index (χ4n) is 3.27. The second kappa shape index (κ2) is 3.55. The smallest absolute Gasteiger partial charge is 0.0226 e. The van der Waals surface area contributed by atoms with Crippen LogP contribution in [0.15, 0.2) is 0 Å². The molecule has 2 bridgehead atoms. The second-order valence-corrected chi connectivity index (χ2v) is 5.04. The molecule has 2 rings (SSSR count). The molecule has 70 valence electrons. The summed E-state index contributed by atoms with van der Waals surface area (Å²) in [5, 5.41) is 0. The molecule has 0 saturated heterocycles. The van der Waals surface area contributed by atoms with Crippen LogP contribution in [-0.4, -0.2) is 6.04 Å². The first kappa shape index (κ1) is 8.83. The Morgan fingerprint density at radius 3 is 2.08 bits per heavy atom. The SMILES string of the molecule is CC1CC2CC(C1)CC(NCl)C2. The minimum absolute atomic E-state index is 0.600. The number of halogens is 1. The molecule has 2 heteroatoms. The molecule has 2 unspecified atom stereocenters. The zero-order valence-electron chi connectivity index (χ0n) is 7.72. The lowest BCUT2D eigenvalue weighted by atomic mass is 9.67. The van der Waals surface area contributed by atoms with Crippen LogP contribution >= 0.6 is 11.8 Å². The molecule has 1 N–H and O–H groups in total. The molecule has 2 aliphatic carbocycles. The molecule has 2 aliphatic rings. The minimum atomic E-state index is 0.600. The van der Waals surface area contributed by atoms with Gasteiger partial charge < -0.3 is 0 Å². The fraction of sp³-hybridized carbons (Fsp3) is 1.00. The molecule has 0 radical (unpaired) electrons. The van der Waals surface area contributed by atoms with Crippen LogP contribution in [0.4, 0.5) is 0 Å². The van der Waals surface area contributed by atoms with Gasteiger partial charge in [0.15, 0.2) is 0 Å². The van der Waals surface area contributed by atoms with Crippen molar-refractivity contribution in [3.63, 3.8) is 0 Å². The third-order valence-electron chi connectivity index (χ3n) is 3.53. The van der Waals surface area contributed by atoms with E-state index in [0.29, 0.717) is 6.04 Å². The molecule has 0 aromatic heterocycles. The highest BCUT2D eigenvalue weighted by atomic mass is 35.5. The standard InChI is InChI=1S/C10H18ClN/c1-7-2-8-4-9(3-7)6-10(5-8)12-11/h7-10,12H,2-6H2,1H3. The van der Waals surface area contributed by atoms with Crippen molar-refractivity contribution in [2.24, 2.45) is 17.8 Å². The van der Waals surface area contributed by atoms with Crippen LogP contribution in [0.5, 0.6) is 0 Å². The van der Waals surface area contributed by atoms with Crippen LogP contribution in [-0.2, 0) is 0 Å². The largest absolute Gasteiger partial charge is 0.230 e. The average molecular weight is 188 g/mol. The average Bonchev–Trinajstić information content (AvgIpc) is 2.02. The maximum Gasteiger partial charge on any atom is 0.0226 e. The second-order valence-electron chi connectivity index (χ2n) is 4.82. The van der Waals surface area contributed by atoms with Crippen molar-refractivity contribution < 1.29 is 0 Å². The summed E-state index contributed by atoms with van der Waals surface area (Å²) >= 11 is 5.68. The van der Waals surface area contributed by atoms with Crippen molar-refractivity contribution in [3.8, 4) is 0 Å². The molecule has 0 heterocycles. The Balaban J connectivity index is 1.96. The monoisotopic (exact) mass is 187 g/mol. The number of hydrogen-bond donors (Lipinski definition) is 1. The van der Waals surface area contributed by atoms with E-state index >= 15 is 0 Å². The van der Waals surface area contributed by atoms with Crippen molar-refractivity contribution >= 4 is 11.8 Å². The zero-order valence-corrected chi connectivity index (χ0v) is 8.48. The molecule has 0 aromatic carbocycles. The molecular weight excluding hydrogens is 170 g/mol. The maximum atomic E-state index is 5.68. The van der Waals surface area contributed by atoms with Crippen molar-refractivity contribution in [3.05, 3.63) is 0 Å². The molecule has 0 aliphatic heterocycles. The van der Waals surface area contributed by atoms with Crippen LogP contribution < -0.4 is 4.84 Å². The highest BCUT2D eigenvalue weighted by Crippen LogP contribution is 2.42. The van der Waals surface area contributed by atoms with Gasteiger partial charge in [0.25, 0.3) is 0 Å². The van der Waals surface area contributed by atoms with E-state index in [1.54, 1.807) is 0 Å². The summed E-state index contributed by atoms with van der Waals surface area (Å²) in [6.07, 6.45) is 6.96. The summed E-state index contributed by atoms with van der Waals surface area (Å²) in [6.45, 7) is 2.40. The summed E-state index contributed by atoms with van der Waals surface area (Å²) in [4.78, 5) is 2.92. The van der Waals surface area contributed by atoms with Gasteiger partial charge in [-0.25, -0.2) is 4.84 Å². The van der Waals surface area contributed by atoms with Crippen LogP contribution in [0.1, 0.15) is 39.0 Å². The fourth-order valence-corrected chi connectivity index (χ4v) is 3.45. The lowest BCUT2D eigenvalue weighted by molar-refractivity contribution is 0.127. The lowest BCUT2D eigenvalue weighted by Crippen LogP contribution is -2.37. The van der Waals surface area contributed by atoms with Gasteiger partial charge in [0.1, 0.15) is 0 Å². The number of fused-ring (bicyclic) bond motifs is 2. The first-order chi connectivity index (χ1) is 5.78. The van der Waals surface area contributed by atoms with Gasteiger partial charge in [-0.2, -0.15) is 0 Å². The molecule has 12 heavy (non-hydrogen) atoms. The van der Waals surface area contributed by atoms with Gasteiger partial charge in [-0.3, -0.25) is 0 Å². The van der Waals surface area contributed by atoms with Crippen molar-refractivity contribution in [1.29, 1.82) is 0 Å². The third kappa shape index (κ3) is 1.77. The summed E-state index contributed by atoms with van der Waals surface area (Å²) in [5.41, 5.74) is 0.